The second-order valence-corrected chi connectivity index (χ2v) is 7.51. The van der Waals surface area contributed by atoms with Crippen LogP contribution >= 0.6 is 0 Å². The molecule has 1 fully saturated rings. The molecule has 0 aliphatic carbocycles. The van der Waals surface area contributed by atoms with Crippen LogP contribution < -0.4 is 0 Å². The summed E-state index contributed by atoms with van der Waals surface area (Å²) in [7, 11) is -3.15. The lowest BCUT2D eigenvalue weighted by Gasteiger charge is -2.34. The van der Waals surface area contributed by atoms with Crippen LogP contribution in [-0.4, -0.2) is 49.5 Å². The number of hydrogen-bond acceptors (Lipinski definition) is 5. The SMILES string of the molecule is CS(=O)(=O)c1ccc(CN2CCOC[C@H]2c2ccn[nH]2)cc1. The van der Waals surface area contributed by atoms with E-state index in [1.54, 1.807) is 18.3 Å². The molecule has 0 saturated carbocycles. The van der Waals surface area contributed by atoms with Gasteiger partial charge in [0.2, 0.25) is 0 Å². The third-order valence-corrected chi connectivity index (χ3v) is 4.99. The van der Waals surface area contributed by atoms with Crippen molar-refractivity contribution in [2.75, 3.05) is 26.0 Å². The van der Waals surface area contributed by atoms with Crippen LogP contribution in [0.1, 0.15) is 17.3 Å². The summed E-state index contributed by atoms with van der Waals surface area (Å²) in [6.07, 6.45) is 2.96. The maximum Gasteiger partial charge on any atom is 0.175 e. The molecule has 1 saturated heterocycles. The second-order valence-electron chi connectivity index (χ2n) is 5.49. The standard InChI is InChI=1S/C15H19N3O3S/c1-22(19,20)13-4-2-12(3-5-13)10-18-8-9-21-11-15(18)14-6-7-16-17-14/h2-7,15H,8-11H2,1H3,(H,16,17)/t15-/m0/s1. The van der Waals surface area contributed by atoms with E-state index in [2.05, 4.69) is 15.1 Å². The van der Waals surface area contributed by atoms with Gasteiger partial charge in [-0.2, -0.15) is 5.10 Å². The average Bonchev–Trinajstić information content (AvgIpc) is 3.01. The van der Waals surface area contributed by atoms with Gasteiger partial charge < -0.3 is 4.74 Å². The van der Waals surface area contributed by atoms with Crippen molar-refractivity contribution in [3.63, 3.8) is 0 Å². The van der Waals surface area contributed by atoms with Crippen molar-refractivity contribution in [1.82, 2.24) is 15.1 Å². The Morgan fingerprint density at radius 3 is 2.73 bits per heavy atom. The largest absolute Gasteiger partial charge is 0.378 e. The summed E-state index contributed by atoms with van der Waals surface area (Å²) in [5, 5.41) is 7.00. The van der Waals surface area contributed by atoms with Gasteiger partial charge in [0, 0.05) is 25.5 Å². The van der Waals surface area contributed by atoms with Gasteiger partial charge in [0.25, 0.3) is 0 Å². The van der Waals surface area contributed by atoms with E-state index in [1.807, 2.05) is 18.2 Å². The Kier molecular flexibility index (Phi) is 4.28. The maximum absolute atomic E-state index is 11.5. The Hall–Kier alpha value is -1.70. The smallest absolute Gasteiger partial charge is 0.175 e. The molecular weight excluding hydrogens is 302 g/mol. The van der Waals surface area contributed by atoms with Gasteiger partial charge in [0.15, 0.2) is 9.84 Å². The predicted octanol–water partition coefficient (Wildman–Crippen LogP) is 1.39. The molecule has 1 N–H and O–H groups in total. The molecule has 2 heterocycles. The molecule has 0 amide bonds. The minimum atomic E-state index is -3.15. The number of ether oxygens (including phenoxy) is 1. The Morgan fingerprint density at radius 2 is 2.09 bits per heavy atom. The van der Waals surface area contributed by atoms with Crippen molar-refractivity contribution in [3.05, 3.63) is 47.8 Å². The summed E-state index contributed by atoms with van der Waals surface area (Å²) in [5.41, 5.74) is 2.12. The normalized spacial score (nSPS) is 20.1. The zero-order valence-electron chi connectivity index (χ0n) is 12.4. The lowest BCUT2D eigenvalue weighted by molar-refractivity contribution is -0.0142. The third kappa shape index (κ3) is 3.37. The molecule has 3 rings (SSSR count). The van der Waals surface area contributed by atoms with Gasteiger partial charge in [0.1, 0.15) is 0 Å². The van der Waals surface area contributed by atoms with Crippen molar-refractivity contribution in [1.29, 1.82) is 0 Å². The number of hydrogen-bond donors (Lipinski definition) is 1. The zero-order chi connectivity index (χ0) is 15.6. The van der Waals surface area contributed by atoms with Gasteiger partial charge in [0.05, 0.1) is 29.8 Å². The van der Waals surface area contributed by atoms with E-state index in [-0.39, 0.29) is 6.04 Å². The Labute approximate surface area is 130 Å². The maximum atomic E-state index is 11.5. The van der Waals surface area contributed by atoms with E-state index < -0.39 is 9.84 Å². The van der Waals surface area contributed by atoms with Crippen molar-refractivity contribution in [2.24, 2.45) is 0 Å². The molecule has 1 aliphatic heterocycles. The highest BCUT2D eigenvalue weighted by molar-refractivity contribution is 7.90. The molecule has 0 unspecified atom stereocenters. The molecule has 6 nitrogen and oxygen atoms in total. The number of rotatable bonds is 4. The molecule has 2 aromatic rings. The first-order valence-corrected chi connectivity index (χ1v) is 9.03. The molecule has 118 valence electrons. The quantitative estimate of drug-likeness (QED) is 0.921. The molecule has 1 aromatic heterocycles. The lowest BCUT2D eigenvalue weighted by Crippen LogP contribution is -2.39. The Balaban J connectivity index is 1.76. The van der Waals surface area contributed by atoms with Crippen LogP contribution in [0.5, 0.6) is 0 Å². The van der Waals surface area contributed by atoms with Crippen LogP contribution in [0.3, 0.4) is 0 Å². The van der Waals surface area contributed by atoms with Crippen molar-refractivity contribution < 1.29 is 13.2 Å². The first-order valence-electron chi connectivity index (χ1n) is 7.14. The van der Waals surface area contributed by atoms with Crippen molar-refractivity contribution in [2.45, 2.75) is 17.5 Å². The topological polar surface area (TPSA) is 75.3 Å². The van der Waals surface area contributed by atoms with Gasteiger partial charge in [-0.1, -0.05) is 12.1 Å². The van der Waals surface area contributed by atoms with E-state index in [4.69, 9.17) is 4.74 Å². The number of morpholine rings is 1. The molecule has 0 bridgehead atoms. The summed E-state index contributed by atoms with van der Waals surface area (Å²) in [6, 6.07) is 9.17. The van der Waals surface area contributed by atoms with Gasteiger partial charge in [-0.15, -0.1) is 0 Å². The number of benzene rings is 1. The zero-order valence-corrected chi connectivity index (χ0v) is 13.2. The monoisotopic (exact) mass is 321 g/mol. The first-order chi connectivity index (χ1) is 10.5. The average molecular weight is 321 g/mol. The molecule has 22 heavy (non-hydrogen) atoms. The predicted molar refractivity (Wildman–Crippen MR) is 82.1 cm³/mol. The number of nitrogens with one attached hydrogen (secondary N) is 1. The molecule has 1 aliphatic rings. The van der Waals surface area contributed by atoms with Crippen LogP contribution in [0.15, 0.2) is 41.4 Å². The first kappa shape index (κ1) is 15.2. The van der Waals surface area contributed by atoms with Gasteiger partial charge in [-0.25, -0.2) is 8.42 Å². The summed E-state index contributed by atoms with van der Waals surface area (Å²) < 4.78 is 28.6. The lowest BCUT2D eigenvalue weighted by atomic mass is 10.1. The Bertz CT molecular complexity index is 711. The van der Waals surface area contributed by atoms with E-state index in [0.29, 0.717) is 18.1 Å². The third-order valence-electron chi connectivity index (χ3n) is 3.86. The van der Waals surface area contributed by atoms with Gasteiger partial charge in [-0.3, -0.25) is 10.00 Å². The number of aromatic amines is 1. The number of sulfone groups is 1. The molecule has 0 spiro atoms. The van der Waals surface area contributed by atoms with Gasteiger partial charge in [-0.05, 0) is 23.8 Å². The van der Waals surface area contributed by atoms with Crippen molar-refractivity contribution in [3.8, 4) is 0 Å². The molecule has 1 atom stereocenters. The van der Waals surface area contributed by atoms with Crippen LogP contribution in [0.25, 0.3) is 0 Å². The van der Waals surface area contributed by atoms with Crippen LogP contribution in [0.4, 0.5) is 0 Å². The van der Waals surface area contributed by atoms with E-state index in [0.717, 1.165) is 24.3 Å². The minimum Gasteiger partial charge on any atom is -0.378 e. The minimum absolute atomic E-state index is 0.144. The second kappa shape index (κ2) is 6.20. The number of H-pyrrole nitrogens is 1. The van der Waals surface area contributed by atoms with Crippen LogP contribution in [-0.2, 0) is 21.1 Å². The molecular formula is C15H19N3O3S. The van der Waals surface area contributed by atoms with Crippen LogP contribution in [0, 0.1) is 0 Å². The number of aromatic nitrogens is 2. The highest BCUT2D eigenvalue weighted by Gasteiger charge is 2.25. The molecule has 7 heteroatoms. The molecule has 0 radical (unpaired) electrons. The fourth-order valence-electron chi connectivity index (χ4n) is 2.64. The summed E-state index contributed by atoms with van der Waals surface area (Å²) in [6.45, 7) is 2.91. The van der Waals surface area contributed by atoms with E-state index >= 15 is 0 Å². The fourth-order valence-corrected chi connectivity index (χ4v) is 3.27. The van der Waals surface area contributed by atoms with E-state index in [9.17, 15) is 8.42 Å². The fraction of sp³-hybridized carbons (Fsp3) is 0.400. The summed E-state index contributed by atoms with van der Waals surface area (Å²) >= 11 is 0. The highest BCUT2D eigenvalue weighted by atomic mass is 32.2. The summed E-state index contributed by atoms with van der Waals surface area (Å²) in [5.74, 6) is 0. The molecule has 1 aromatic carbocycles. The number of nitrogens with zero attached hydrogens (tertiary/aromatic N) is 2. The van der Waals surface area contributed by atoms with Crippen molar-refractivity contribution >= 4 is 9.84 Å². The Morgan fingerprint density at radius 1 is 1.32 bits per heavy atom. The van der Waals surface area contributed by atoms with Gasteiger partial charge >= 0.3 is 0 Å². The van der Waals surface area contributed by atoms with E-state index in [1.165, 1.54) is 6.26 Å². The summed E-state index contributed by atoms with van der Waals surface area (Å²) in [4.78, 5) is 2.66. The van der Waals surface area contributed by atoms with Crippen LogP contribution in [0.2, 0.25) is 0 Å². The highest BCUT2D eigenvalue weighted by Crippen LogP contribution is 2.24.